The van der Waals surface area contributed by atoms with Gasteiger partial charge in [-0.15, -0.1) is 0 Å². The van der Waals surface area contributed by atoms with Crippen molar-refractivity contribution in [2.45, 2.75) is 20.0 Å². The van der Waals surface area contributed by atoms with E-state index in [2.05, 4.69) is 19.2 Å². The van der Waals surface area contributed by atoms with E-state index in [-0.39, 0.29) is 17.9 Å². The Balaban J connectivity index is 1.93. The number of fused-ring (bicyclic) bond motifs is 1. The summed E-state index contributed by atoms with van der Waals surface area (Å²) in [6, 6.07) is 14.0. The number of nitrogens with one attached hydrogen (secondary N) is 2. The summed E-state index contributed by atoms with van der Waals surface area (Å²) in [5.41, 5.74) is 2.23. The molecule has 0 fully saturated rings. The molecule has 1 amide bonds. The number of anilines is 1. The van der Waals surface area contributed by atoms with Crippen molar-refractivity contribution in [3.8, 4) is 0 Å². The van der Waals surface area contributed by atoms with Crippen molar-refractivity contribution in [1.82, 2.24) is 4.90 Å². The Kier molecular flexibility index (Phi) is 5.34. The molecule has 2 aromatic rings. The van der Waals surface area contributed by atoms with Crippen LogP contribution in [0.3, 0.4) is 0 Å². The molecule has 1 aliphatic heterocycles. The summed E-state index contributed by atoms with van der Waals surface area (Å²) in [6.45, 7) is 7.83. The van der Waals surface area contributed by atoms with Gasteiger partial charge in [-0.3, -0.25) is 4.79 Å². The molecule has 0 bridgehead atoms. The maximum atomic E-state index is 13.7. The van der Waals surface area contributed by atoms with Crippen molar-refractivity contribution in [2.24, 2.45) is 0 Å². The minimum Gasteiger partial charge on any atom is -0.361 e. The number of quaternary nitrogens is 1. The van der Waals surface area contributed by atoms with E-state index >= 15 is 0 Å². The third-order valence-electron chi connectivity index (χ3n) is 4.89. The Labute approximate surface area is 148 Å². The lowest BCUT2D eigenvalue weighted by molar-refractivity contribution is -0.895. The van der Waals surface area contributed by atoms with E-state index in [1.165, 1.54) is 17.0 Å². The Hall–Kier alpha value is -2.40. The average molecular weight is 342 g/mol. The lowest BCUT2D eigenvalue weighted by atomic mass is 10.0. The molecular formula is C20H25FN3O+. The van der Waals surface area contributed by atoms with E-state index in [0.717, 1.165) is 30.9 Å². The van der Waals surface area contributed by atoms with Crippen molar-refractivity contribution in [2.75, 3.05) is 31.5 Å². The smallest absolute Gasteiger partial charge is 0.258 e. The van der Waals surface area contributed by atoms with Crippen molar-refractivity contribution < 1.29 is 14.1 Å². The molecule has 2 N–H and O–H groups in total. The third-order valence-corrected chi connectivity index (χ3v) is 4.89. The van der Waals surface area contributed by atoms with Crippen LogP contribution >= 0.6 is 0 Å². The number of rotatable bonds is 6. The summed E-state index contributed by atoms with van der Waals surface area (Å²) in [4.78, 5) is 16.3. The van der Waals surface area contributed by atoms with Gasteiger partial charge in [0.25, 0.3) is 5.91 Å². The van der Waals surface area contributed by atoms with Gasteiger partial charge >= 0.3 is 0 Å². The first-order valence-corrected chi connectivity index (χ1v) is 8.89. The summed E-state index contributed by atoms with van der Waals surface area (Å²) in [6.07, 6.45) is -0.354. The highest BCUT2D eigenvalue weighted by Crippen LogP contribution is 2.32. The molecule has 0 aliphatic carbocycles. The Bertz CT molecular complexity index is 745. The lowest BCUT2D eigenvalue weighted by Gasteiger charge is -2.38. The Morgan fingerprint density at radius 2 is 1.88 bits per heavy atom. The number of nitrogens with zero attached hydrogens (tertiary/aromatic N) is 1. The first-order chi connectivity index (χ1) is 12.1. The molecule has 1 unspecified atom stereocenters. The number of likely N-dealkylation sites (N-methyl/N-ethyl adjacent to an activating group) is 1. The largest absolute Gasteiger partial charge is 0.361 e. The van der Waals surface area contributed by atoms with Crippen LogP contribution in [-0.2, 0) is 0 Å². The van der Waals surface area contributed by atoms with Crippen LogP contribution in [0.5, 0.6) is 0 Å². The van der Waals surface area contributed by atoms with Crippen molar-refractivity contribution in [1.29, 1.82) is 0 Å². The monoisotopic (exact) mass is 342 g/mol. The average Bonchev–Trinajstić information content (AvgIpc) is 2.64. The number of hydrogen-bond acceptors (Lipinski definition) is 2. The minimum absolute atomic E-state index is 0.00447. The van der Waals surface area contributed by atoms with Gasteiger partial charge < -0.3 is 15.1 Å². The van der Waals surface area contributed by atoms with Crippen molar-refractivity contribution in [3.63, 3.8) is 0 Å². The van der Waals surface area contributed by atoms with E-state index < -0.39 is 0 Å². The van der Waals surface area contributed by atoms with E-state index in [1.54, 1.807) is 6.07 Å². The second-order valence-electron chi connectivity index (χ2n) is 6.35. The predicted octanol–water partition coefficient (Wildman–Crippen LogP) is 2.32. The highest BCUT2D eigenvalue weighted by Gasteiger charge is 2.33. The van der Waals surface area contributed by atoms with Gasteiger partial charge in [-0.2, -0.15) is 0 Å². The highest BCUT2D eigenvalue weighted by atomic mass is 19.1. The summed E-state index contributed by atoms with van der Waals surface area (Å²) < 4.78 is 13.7. The molecule has 0 saturated carbocycles. The third kappa shape index (κ3) is 3.66. The fourth-order valence-corrected chi connectivity index (χ4v) is 3.35. The van der Waals surface area contributed by atoms with Crippen molar-refractivity contribution >= 4 is 11.6 Å². The number of halogens is 1. The molecule has 0 aromatic heterocycles. The molecule has 0 radical (unpaired) electrons. The number of amides is 1. The molecule has 0 saturated heterocycles. The summed E-state index contributed by atoms with van der Waals surface area (Å²) >= 11 is 0. The van der Waals surface area contributed by atoms with Gasteiger partial charge in [0, 0.05) is 5.69 Å². The number of benzene rings is 2. The second kappa shape index (κ2) is 7.66. The molecular weight excluding hydrogens is 317 g/mol. The highest BCUT2D eigenvalue weighted by molar-refractivity contribution is 6.01. The van der Waals surface area contributed by atoms with Gasteiger partial charge in [-0.05, 0) is 43.7 Å². The van der Waals surface area contributed by atoms with Crippen LogP contribution in [0.15, 0.2) is 48.5 Å². The molecule has 132 valence electrons. The van der Waals surface area contributed by atoms with E-state index in [4.69, 9.17) is 0 Å². The molecule has 0 spiro atoms. The zero-order valence-corrected chi connectivity index (χ0v) is 14.8. The van der Waals surface area contributed by atoms with Crippen LogP contribution in [0.1, 0.15) is 35.9 Å². The van der Waals surface area contributed by atoms with Crippen LogP contribution in [0.2, 0.25) is 0 Å². The maximum absolute atomic E-state index is 13.7. The molecule has 2 aromatic carbocycles. The molecule has 1 aliphatic rings. The van der Waals surface area contributed by atoms with Crippen LogP contribution in [0, 0.1) is 5.82 Å². The van der Waals surface area contributed by atoms with Gasteiger partial charge in [0.15, 0.2) is 0 Å². The summed E-state index contributed by atoms with van der Waals surface area (Å²) in [7, 11) is 0. The summed E-state index contributed by atoms with van der Waals surface area (Å²) in [5.74, 6) is -0.296. The number of para-hydroxylation sites is 1. The van der Waals surface area contributed by atoms with Crippen LogP contribution in [0.25, 0.3) is 0 Å². The molecule has 1 atom stereocenters. The van der Waals surface area contributed by atoms with Gasteiger partial charge in [0.05, 0.1) is 31.7 Å². The number of hydrogen-bond donors (Lipinski definition) is 2. The Morgan fingerprint density at radius 1 is 1.12 bits per heavy atom. The predicted molar refractivity (Wildman–Crippen MR) is 97.2 cm³/mol. The first kappa shape index (κ1) is 17.4. The van der Waals surface area contributed by atoms with Gasteiger partial charge in [0.2, 0.25) is 0 Å². The molecule has 1 heterocycles. The van der Waals surface area contributed by atoms with Gasteiger partial charge in [0.1, 0.15) is 12.0 Å². The van der Waals surface area contributed by atoms with Crippen LogP contribution in [0.4, 0.5) is 10.1 Å². The van der Waals surface area contributed by atoms with Gasteiger partial charge in [-0.25, -0.2) is 4.39 Å². The molecule has 5 heteroatoms. The lowest BCUT2D eigenvalue weighted by Crippen LogP contribution is -3.12. The quantitative estimate of drug-likeness (QED) is 0.845. The standard InChI is InChI=1S/C20H24FN3O/c1-3-23(4-2)12-13-24-19(15-8-7-9-16(21)14-15)22-18-11-6-5-10-17(18)20(24)25/h5-11,14,19,22H,3-4,12-13H2,1-2H3/p+1. The van der Waals surface area contributed by atoms with E-state index in [1.807, 2.05) is 35.2 Å². The number of carbonyl (C=O) groups excluding carboxylic acids is 1. The molecule has 4 nitrogen and oxygen atoms in total. The van der Waals surface area contributed by atoms with Crippen molar-refractivity contribution in [3.05, 3.63) is 65.5 Å². The molecule has 3 rings (SSSR count). The summed E-state index contributed by atoms with van der Waals surface area (Å²) in [5, 5.41) is 3.41. The minimum atomic E-state index is -0.354. The normalized spacial score (nSPS) is 16.7. The maximum Gasteiger partial charge on any atom is 0.258 e. The molecule has 25 heavy (non-hydrogen) atoms. The fraction of sp³-hybridized carbons (Fsp3) is 0.350. The topological polar surface area (TPSA) is 36.8 Å². The van der Waals surface area contributed by atoms with E-state index in [0.29, 0.717) is 12.1 Å². The zero-order chi connectivity index (χ0) is 17.8. The van der Waals surface area contributed by atoms with Crippen LogP contribution < -0.4 is 10.2 Å². The SMILES string of the molecule is CC[NH+](CC)CCN1C(=O)c2ccccc2NC1c1cccc(F)c1. The van der Waals surface area contributed by atoms with E-state index in [9.17, 15) is 9.18 Å². The fourth-order valence-electron chi connectivity index (χ4n) is 3.35. The Morgan fingerprint density at radius 3 is 2.60 bits per heavy atom. The number of carbonyl (C=O) groups is 1. The zero-order valence-electron chi connectivity index (χ0n) is 14.8. The van der Waals surface area contributed by atoms with Gasteiger partial charge in [-0.1, -0.05) is 24.3 Å². The first-order valence-electron chi connectivity index (χ1n) is 8.89. The second-order valence-corrected chi connectivity index (χ2v) is 6.35. The van der Waals surface area contributed by atoms with Crippen LogP contribution in [-0.4, -0.2) is 37.0 Å².